The SMILES string of the molecule is CC(C(=O)c1ccccc1)C(O)CN(Cc1ccccc1)Cc1ccccc1. The van der Waals surface area contributed by atoms with Gasteiger partial charge in [-0.15, -0.1) is 0 Å². The van der Waals surface area contributed by atoms with Gasteiger partial charge >= 0.3 is 0 Å². The molecule has 1 N–H and O–H groups in total. The Morgan fingerprint density at radius 2 is 1.21 bits per heavy atom. The highest BCUT2D eigenvalue weighted by atomic mass is 16.3. The number of carbonyl (C=O) groups excluding carboxylic acids is 1. The fourth-order valence-electron chi connectivity index (χ4n) is 3.33. The van der Waals surface area contributed by atoms with Crippen LogP contribution in [0.5, 0.6) is 0 Å². The Balaban J connectivity index is 1.71. The third kappa shape index (κ3) is 5.62. The van der Waals surface area contributed by atoms with Gasteiger partial charge in [-0.3, -0.25) is 9.69 Å². The summed E-state index contributed by atoms with van der Waals surface area (Å²) in [5.41, 5.74) is 3.02. The summed E-state index contributed by atoms with van der Waals surface area (Å²) in [5.74, 6) is -0.482. The molecule has 2 atom stereocenters. The zero-order valence-corrected chi connectivity index (χ0v) is 16.2. The van der Waals surface area contributed by atoms with Crippen LogP contribution < -0.4 is 0 Å². The normalized spacial score (nSPS) is 13.2. The van der Waals surface area contributed by atoms with Gasteiger partial charge in [0.2, 0.25) is 0 Å². The molecule has 2 unspecified atom stereocenters. The molecule has 0 aliphatic heterocycles. The van der Waals surface area contributed by atoms with E-state index in [1.807, 2.05) is 61.5 Å². The van der Waals surface area contributed by atoms with Gasteiger partial charge in [0.25, 0.3) is 0 Å². The van der Waals surface area contributed by atoms with Gasteiger partial charge in [0, 0.05) is 31.1 Å². The second-order valence-corrected chi connectivity index (χ2v) is 7.23. The Bertz CT molecular complexity index is 808. The molecule has 0 saturated heterocycles. The number of aliphatic hydroxyl groups excluding tert-OH is 1. The Kier molecular flexibility index (Phi) is 7.12. The van der Waals surface area contributed by atoms with Gasteiger partial charge in [-0.2, -0.15) is 0 Å². The van der Waals surface area contributed by atoms with Crippen LogP contribution in [-0.4, -0.2) is 28.4 Å². The van der Waals surface area contributed by atoms with E-state index in [4.69, 9.17) is 0 Å². The van der Waals surface area contributed by atoms with E-state index in [0.717, 1.165) is 13.1 Å². The van der Waals surface area contributed by atoms with Crippen LogP contribution in [0.2, 0.25) is 0 Å². The predicted octanol–water partition coefficient (Wildman–Crippen LogP) is 4.57. The zero-order chi connectivity index (χ0) is 19.8. The van der Waals surface area contributed by atoms with Crippen molar-refractivity contribution in [3.8, 4) is 0 Å². The number of ketones is 1. The summed E-state index contributed by atoms with van der Waals surface area (Å²) in [5, 5.41) is 10.8. The molecule has 0 aliphatic carbocycles. The Labute approximate surface area is 167 Å². The molecule has 3 nitrogen and oxygen atoms in total. The van der Waals surface area contributed by atoms with Crippen molar-refractivity contribution in [2.75, 3.05) is 6.54 Å². The molecule has 0 aromatic heterocycles. The van der Waals surface area contributed by atoms with Crippen LogP contribution in [0.3, 0.4) is 0 Å². The van der Waals surface area contributed by atoms with E-state index in [1.165, 1.54) is 11.1 Å². The molecule has 0 fully saturated rings. The Morgan fingerprint density at radius 3 is 1.68 bits per heavy atom. The summed E-state index contributed by atoms with van der Waals surface area (Å²) in [6, 6.07) is 29.6. The van der Waals surface area contributed by atoms with Crippen molar-refractivity contribution in [1.82, 2.24) is 4.90 Å². The van der Waals surface area contributed by atoms with E-state index < -0.39 is 12.0 Å². The van der Waals surface area contributed by atoms with E-state index in [1.54, 1.807) is 12.1 Å². The van der Waals surface area contributed by atoms with E-state index >= 15 is 0 Å². The molecule has 3 aromatic rings. The minimum absolute atomic E-state index is 0.0209. The van der Waals surface area contributed by atoms with Crippen molar-refractivity contribution < 1.29 is 9.90 Å². The average molecular weight is 373 g/mol. The number of Topliss-reactive ketones (excluding diaryl/α,β-unsaturated/α-hetero) is 1. The number of hydrogen-bond donors (Lipinski definition) is 1. The molecule has 3 heteroatoms. The lowest BCUT2D eigenvalue weighted by atomic mass is 9.93. The molecule has 0 radical (unpaired) electrons. The van der Waals surface area contributed by atoms with Gasteiger partial charge in [-0.25, -0.2) is 0 Å². The van der Waals surface area contributed by atoms with Crippen molar-refractivity contribution >= 4 is 5.78 Å². The minimum Gasteiger partial charge on any atom is -0.391 e. The Morgan fingerprint density at radius 1 is 0.786 bits per heavy atom. The first-order chi connectivity index (χ1) is 13.6. The van der Waals surface area contributed by atoms with Crippen molar-refractivity contribution in [3.05, 3.63) is 108 Å². The third-order valence-electron chi connectivity index (χ3n) is 4.99. The smallest absolute Gasteiger partial charge is 0.168 e. The van der Waals surface area contributed by atoms with Crippen LogP contribution in [0, 0.1) is 5.92 Å². The number of aliphatic hydroxyl groups is 1. The largest absolute Gasteiger partial charge is 0.391 e. The fraction of sp³-hybridized carbons (Fsp3) is 0.240. The molecule has 0 saturated carbocycles. The van der Waals surface area contributed by atoms with E-state index in [0.29, 0.717) is 12.1 Å². The third-order valence-corrected chi connectivity index (χ3v) is 4.99. The topological polar surface area (TPSA) is 40.5 Å². The van der Waals surface area contributed by atoms with Crippen LogP contribution in [0.25, 0.3) is 0 Å². The highest BCUT2D eigenvalue weighted by Gasteiger charge is 2.25. The molecule has 0 aliphatic rings. The number of carbonyl (C=O) groups is 1. The summed E-state index contributed by atoms with van der Waals surface area (Å²) >= 11 is 0. The van der Waals surface area contributed by atoms with Gasteiger partial charge < -0.3 is 5.11 Å². The first-order valence-electron chi connectivity index (χ1n) is 9.71. The van der Waals surface area contributed by atoms with Gasteiger partial charge in [0.05, 0.1) is 6.10 Å². The number of benzene rings is 3. The molecule has 0 bridgehead atoms. The van der Waals surface area contributed by atoms with Crippen molar-refractivity contribution in [3.63, 3.8) is 0 Å². The number of nitrogens with zero attached hydrogens (tertiary/aromatic N) is 1. The quantitative estimate of drug-likeness (QED) is 0.559. The standard InChI is InChI=1S/C25H27NO2/c1-20(25(28)23-15-9-4-10-16-23)24(27)19-26(17-21-11-5-2-6-12-21)18-22-13-7-3-8-14-22/h2-16,20,24,27H,17-19H2,1H3. The lowest BCUT2D eigenvalue weighted by Gasteiger charge is -2.28. The zero-order valence-electron chi connectivity index (χ0n) is 16.2. The van der Waals surface area contributed by atoms with Crippen LogP contribution in [0.15, 0.2) is 91.0 Å². The van der Waals surface area contributed by atoms with Gasteiger partial charge in [0.1, 0.15) is 0 Å². The number of hydrogen-bond acceptors (Lipinski definition) is 3. The molecule has 0 heterocycles. The van der Waals surface area contributed by atoms with Crippen molar-refractivity contribution in [2.24, 2.45) is 5.92 Å². The molecule has 0 spiro atoms. The summed E-state index contributed by atoms with van der Waals surface area (Å²) in [6.07, 6.45) is -0.736. The van der Waals surface area contributed by atoms with Crippen molar-refractivity contribution in [2.45, 2.75) is 26.1 Å². The average Bonchev–Trinajstić information content (AvgIpc) is 2.74. The maximum absolute atomic E-state index is 12.7. The maximum Gasteiger partial charge on any atom is 0.168 e. The van der Waals surface area contributed by atoms with Gasteiger partial charge in [0.15, 0.2) is 5.78 Å². The second-order valence-electron chi connectivity index (χ2n) is 7.23. The lowest BCUT2D eigenvalue weighted by molar-refractivity contribution is 0.0522. The molecule has 3 rings (SSSR count). The Hall–Kier alpha value is -2.75. The molecular weight excluding hydrogens is 346 g/mol. The molecular formula is C25H27NO2. The van der Waals surface area contributed by atoms with Gasteiger partial charge in [-0.1, -0.05) is 97.9 Å². The summed E-state index contributed by atoms with van der Waals surface area (Å²) < 4.78 is 0. The summed E-state index contributed by atoms with van der Waals surface area (Å²) in [4.78, 5) is 14.9. The first-order valence-corrected chi connectivity index (χ1v) is 9.71. The minimum atomic E-state index is -0.736. The van der Waals surface area contributed by atoms with Crippen LogP contribution in [-0.2, 0) is 13.1 Å². The number of rotatable bonds is 9. The maximum atomic E-state index is 12.7. The van der Waals surface area contributed by atoms with Crippen LogP contribution in [0.4, 0.5) is 0 Å². The molecule has 3 aromatic carbocycles. The highest BCUT2D eigenvalue weighted by Crippen LogP contribution is 2.16. The van der Waals surface area contributed by atoms with Gasteiger partial charge in [-0.05, 0) is 11.1 Å². The fourth-order valence-corrected chi connectivity index (χ4v) is 3.33. The molecule has 28 heavy (non-hydrogen) atoms. The lowest BCUT2D eigenvalue weighted by Crippen LogP contribution is -2.38. The molecule has 144 valence electrons. The predicted molar refractivity (Wildman–Crippen MR) is 113 cm³/mol. The highest BCUT2D eigenvalue weighted by molar-refractivity contribution is 5.97. The van der Waals surface area contributed by atoms with Crippen LogP contribution in [0.1, 0.15) is 28.4 Å². The van der Waals surface area contributed by atoms with E-state index in [2.05, 4.69) is 29.2 Å². The second kappa shape index (κ2) is 9.98. The van der Waals surface area contributed by atoms with E-state index in [-0.39, 0.29) is 5.78 Å². The van der Waals surface area contributed by atoms with Crippen molar-refractivity contribution in [1.29, 1.82) is 0 Å². The van der Waals surface area contributed by atoms with E-state index in [9.17, 15) is 9.90 Å². The monoisotopic (exact) mass is 373 g/mol. The first kappa shape index (κ1) is 20.0. The van der Waals surface area contributed by atoms with Crippen LogP contribution >= 0.6 is 0 Å². The molecule has 0 amide bonds. The summed E-state index contributed by atoms with van der Waals surface area (Å²) in [6.45, 7) is 3.69. The summed E-state index contributed by atoms with van der Waals surface area (Å²) in [7, 11) is 0.